The van der Waals surface area contributed by atoms with Crippen molar-refractivity contribution in [2.24, 2.45) is 7.05 Å². The molecule has 5 nitrogen and oxygen atoms in total. The van der Waals surface area contributed by atoms with Gasteiger partial charge in [0.25, 0.3) is 0 Å². The Morgan fingerprint density at radius 1 is 1.08 bits per heavy atom. The van der Waals surface area contributed by atoms with Gasteiger partial charge in [-0.25, -0.2) is 4.39 Å². The quantitative estimate of drug-likeness (QED) is 0.510. The van der Waals surface area contributed by atoms with Crippen molar-refractivity contribution in [3.8, 4) is 5.69 Å². The molecule has 118 valence electrons. The first-order valence-corrected chi connectivity index (χ1v) is 7.70. The van der Waals surface area contributed by atoms with E-state index in [1.807, 2.05) is 30.1 Å². The second-order valence-corrected chi connectivity index (χ2v) is 6.07. The van der Waals surface area contributed by atoms with Crippen LogP contribution in [0.1, 0.15) is 5.56 Å². The number of hydrogen-bond donors (Lipinski definition) is 1. The molecule has 3 aromatic heterocycles. The van der Waals surface area contributed by atoms with Gasteiger partial charge in [0.15, 0.2) is 0 Å². The van der Waals surface area contributed by atoms with E-state index < -0.39 is 0 Å². The molecular weight excluding hydrogens is 305 g/mol. The van der Waals surface area contributed by atoms with Gasteiger partial charge < -0.3 is 4.57 Å². The third-order valence-corrected chi connectivity index (χ3v) is 4.61. The topological polar surface area (TPSA) is 51.4 Å². The van der Waals surface area contributed by atoms with E-state index in [0.717, 1.165) is 44.1 Å². The van der Waals surface area contributed by atoms with Crippen molar-refractivity contribution in [3.05, 3.63) is 54.1 Å². The zero-order valence-electron chi connectivity index (χ0n) is 13.2. The van der Waals surface area contributed by atoms with Crippen molar-refractivity contribution < 1.29 is 4.39 Å². The van der Waals surface area contributed by atoms with Gasteiger partial charge in [-0.3, -0.25) is 9.78 Å². The first kappa shape index (κ1) is 13.3. The number of aryl methyl sites for hydroxylation is 2. The molecule has 3 heterocycles. The molecule has 0 fully saturated rings. The summed E-state index contributed by atoms with van der Waals surface area (Å²) in [5.74, 6) is -0.254. The van der Waals surface area contributed by atoms with Crippen molar-refractivity contribution in [2.75, 3.05) is 0 Å². The number of nitrogens with one attached hydrogen (secondary N) is 1. The Bertz CT molecular complexity index is 1240. The van der Waals surface area contributed by atoms with Crippen molar-refractivity contribution in [1.29, 1.82) is 0 Å². The zero-order chi connectivity index (χ0) is 16.4. The number of fused-ring (bicyclic) bond motifs is 4. The van der Waals surface area contributed by atoms with Crippen LogP contribution in [0, 0.1) is 12.7 Å². The molecule has 0 aliphatic heterocycles. The molecule has 0 amide bonds. The molecular formula is C18H14FN5. The maximum absolute atomic E-state index is 13.7. The molecule has 0 atom stereocenters. The summed E-state index contributed by atoms with van der Waals surface area (Å²) in [5, 5.41) is 13.5. The van der Waals surface area contributed by atoms with Crippen LogP contribution in [0.2, 0.25) is 0 Å². The van der Waals surface area contributed by atoms with Gasteiger partial charge in [0, 0.05) is 24.0 Å². The van der Waals surface area contributed by atoms with Crippen molar-refractivity contribution in [3.63, 3.8) is 0 Å². The van der Waals surface area contributed by atoms with Gasteiger partial charge in [-0.05, 0) is 42.8 Å². The number of rotatable bonds is 1. The lowest BCUT2D eigenvalue weighted by molar-refractivity contribution is 0.629. The molecule has 0 bridgehead atoms. The molecule has 5 rings (SSSR count). The standard InChI is InChI=1S/C18H14FN5/c1-10-13-9-23(2)22-14(13)4-6-15(10)24-16-5-3-11(19)7-12(16)18-17(24)8-20-21-18/h3-9H,1-2H3,(H,20,21). The van der Waals surface area contributed by atoms with Crippen LogP contribution in [-0.2, 0) is 7.05 Å². The molecule has 24 heavy (non-hydrogen) atoms. The maximum atomic E-state index is 13.7. The predicted molar refractivity (Wildman–Crippen MR) is 91.9 cm³/mol. The minimum absolute atomic E-state index is 0.254. The Morgan fingerprint density at radius 2 is 1.96 bits per heavy atom. The van der Waals surface area contributed by atoms with Crippen LogP contribution >= 0.6 is 0 Å². The van der Waals surface area contributed by atoms with Gasteiger partial charge in [-0.15, -0.1) is 0 Å². The Kier molecular flexibility index (Phi) is 2.46. The van der Waals surface area contributed by atoms with E-state index in [1.54, 1.807) is 12.3 Å². The van der Waals surface area contributed by atoms with E-state index in [-0.39, 0.29) is 5.82 Å². The van der Waals surface area contributed by atoms with E-state index in [2.05, 4.69) is 32.9 Å². The summed E-state index contributed by atoms with van der Waals surface area (Å²) in [6.07, 6.45) is 3.80. The lowest BCUT2D eigenvalue weighted by Gasteiger charge is -2.10. The molecule has 0 unspecified atom stereocenters. The van der Waals surface area contributed by atoms with Crippen LogP contribution in [-0.4, -0.2) is 24.5 Å². The van der Waals surface area contributed by atoms with Crippen LogP contribution in [0.3, 0.4) is 0 Å². The third-order valence-electron chi connectivity index (χ3n) is 4.61. The van der Waals surface area contributed by atoms with Crippen LogP contribution in [0.15, 0.2) is 42.7 Å². The van der Waals surface area contributed by atoms with E-state index in [9.17, 15) is 4.39 Å². The van der Waals surface area contributed by atoms with E-state index >= 15 is 0 Å². The van der Waals surface area contributed by atoms with Gasteiger partial charge in [-0.1, -0.05) is 0 Å². The molecule has 2 aromatic carbocycles. The summed E-state index contributed by atoms with van der Waals surface area (Å²) in [6, 6.07) is 8.91. The van der Waals surface area contributed by atoms with Crippen LogP contribution in [0.5, 0.6) is 0 Å². The molecule has 0 aliphatic carbocycles. The second-order valence-electron chi connectivity index (χ2n) is 6.07. The number of hydrogen-bond acceptors (Lipinski definition) is 2. The molecule has 1 N–H and O–H groups in total. The monoisotopic (exact) mass is 319 g/mol. The lowest BCUT2D eigenvalue weighted by atomic mass is 10.1. The van der Waals surface area contributed by atoms with Crippen LogP contribution in [0.4, 0.5) is 4.39 Å². The molecule has 0 aliphatic rings. The van der Waals surface area contributed by atoms with Gasteiger partial charge in [0.05, 0.1) is 34.0 Å². The fourth-order valence-corrected chi connectivity index (χ4v) is 3.52. The zero-order valence-corrected chi connectivity index (χ0v) is 13.2. The number of H-pyrrole nitrogens is 1. The van der Waals surface area contributed by atoms with E-state index in [1.165, 1.54) is 6.07 Å². The molecule has 5 aromatic rings. The summed E-state index contributed by atoms with van der Waals surface area (Å²) in [7, 11) is 1.92. The Balaban J connectivity index is 1.94. The normalized spacial score (nSPS) is 12.0. The number of aromatic nitrogens is 5. The highest BCUT2D eigenvalue weighted by Gasteiger charge is 2.17. The van der Waals surface area contributed by atoms with Crippen molar-refractivity contribution >= 4 is 32.8 Å². The smallest absolute Gasteiger partial charge is 0.124 e. The average Bonchev–Trinajstić information content (AvgIpc) is 3.22. The van der Waals surface area contributed by atoms with Crippen molar-refractivity contribution in [1.82, 2.24) is 24.5 Å². The average molecular weight is 319 g/mol. The summed E-state index contributed by atoms with van der Waals surface area (Å²) in [5.41, 5.74) is 5.86. The van der Waals surface area contributed by atoms with Crippen LogP contribution in [0.25, 0.3) is 38.5 Å². The van der Waals surface area contributed by atoms with E-state index in [0.29, 0.717) is 0 Å². The number of benzene rings is 2. The van der Waals surface area contributed by atoms with Crippen LogP contribution < -0.4 is 0 Å². The number of nitrogens with zero attached hydrogens (tertiary/aromatic N) is 4. The molecule has 6 heteroatoms. The minimum atomic E-state index is -0.254. The summed E-state index contributed by atoms with van der Waals surface area (Å²) >= 11 is 0. The highest BCUT2D eigenvalue weighted by atomic mass is 19.1. The predicted octanol–water partition coefficient (Wildman–Crippen LogP) is 3.84. The summed E-state index contributed by atoms with van der Waals surface area (Å²) in [4.78, 5) is 0. The maximum Gasteiger partial charge on any atom is 0.124 e. The third kappa shape index (κ3) is 1.62. The fourth-order valence-electron chi connectivity index (χ4n) is 3.52. The van der Waals surface area contributed by atoms with Gasteiger partial charge in [0.2, 0.25) is 0 Å². The first-order valence-electron chi connectivity index (χ1n) is 7.70. The number of aromatic amines is 1. The Labute approximate surface area is 136 Å². The second kappa shape index (κ2) is 4.44. The van der Waals surface area contributed by atoms with E-state index in [4.69, 9.17) is 0 Å². The highest BCUT2D eigenvalue weighted by molar-refractivity contribution is 6.07. The first-order chi connectivity index (χ1) is 11.6. The van der Waals surface area contributed by atoms with Crippen molar-refractivity contribution in [2.45, 2.75) is 6.92 Å². The molecule has 0 saturated heterocycles. The highest BCUT2D eigenvalue weighted by Crippen LogP contribution is 2.33. The fraction of sp³-hybridized carbons (Fsp3) is 0.111. The SMILES string of the molecule is Cc1c(-n2c3ccc(F)cc3c3[nH]ncc32)ccc2nn(C)cc12. The summed E-state index contributed by atoms with van der Waals surface area (Å²) in [6.45, 7) is 2.08. The Hall–Kier alpha value is -3.15. The molecule has 0 spiro atoms. The lowest BCUT2D eigenvalue weighted by Crippen LogP contribution is -1.97. The minimum Gasteiger partial charge on any atom is -0.306 e. The summed E-state index contributed by atoms with van der Waals surface area (Å²) < 4.78 is 17.7. The largest absolute Gasteiger partial charge is 0.306 e. The molecule has 0 radical (unpaired) electrons. The number of halogens is 1. The molecule has 0 saturated carbocycles. The van der Waals surface area contributed by atoms with Gasteiger partial charge >= 0.3 is 0 Å². The van der Waals surface area contributed by atoms with Gasteiger partial charge in [0.1, 0.15) is 5.82 Å². The van der Waals surface area contributed by atoms with Gasteiger partial charge in [-0.2, -0.15) is 10.2 Å². The Morgan fingerprint density at radius 3 is 2.83 bits per heavy atom.